The third-order valence-electron chi connectivity index (χ3n) is 9.68. The molecule has 2 atom stereocenters. The van der Waals surface area contributed by atoms with Crippen molar-refractivity contribution in [2.75, 3.05) is 23.5 Å². The molecule has 2 N–H and O–H groups in total. The van der Waals surface area contributed by atoms with Gasteiger partial charge in [0, 0.05) is 0 Å². The summed E-state index contributed by atoms with van der Waals surface area (Å²) in [5.74, 6) is -4.58. The molecule has 51 heavy (non-hydrogen) atoms. The van der Waals surface area contributed by atoms with Crippen molar-refractivity contribution in [3.05, 3.63) is 103 Å². The van der Waals surface area contributed by atoms with Gasteiger partial charge in [0.1, 0.15) is 0 Å². The summed E-state index contributed by atoms with van der Waals surface area (Å²) in [5.41, 5.74) is -1.96. The van der Waals surface area contributed by atoms with Crippen molar-refractivity contribution in [1.29, 1.82) is 0 Å². The fourth-order valence-electron chi connectivity index (χ4n) is 6.49. The molecule has 2 aromatic rings. The number of amides is 2. The standard InChI is InChI=1S/2C14H16Cl2F2NO.2C5H5.Ti/c2*1-9(19-13(20)14(2,7-15)8-16)5-10-3-4-11(17)6-12(10)18;2*1-2-4-5-3-1;/h2*3-4,9H,5,7-8H2,1-2H3,(H,19,20);2*1-3H,4H2;. The van der Waals surface area contributed by atoms with Gasteiger partial charge in [-0.25, -0.2) is 0 Å². The number of allylic oxidation sites excluding steroid dienone is 8. The maximum atomic E-state index is 17.2. The minimum absolute atomic E-state index is 0.0337. The Labute approximate surface area is 321 Å². The molecule has 0 fully saturated rings. The summed E-state index contributed by atoms with van der Waals surface area (Å²) in [5, 5.41) is 5.65. The summed E-state index contributed by atoms with van der Waals surface area (Å²) in [6.45, 7) is 6.58. The molecular weight excluding hydrogens is 782 g/mol. The molecule has 0 bridgehead atoms. The molecule has 2 aliphatic carbocycles. The molecule has 0 heterocycles. The van der Waals surface area contributed by atoms with E-state index in [1.165, 1.54) is 12.1 Å². The van der Waals surface area contributed by atoms with Crippen molar-refractivity contribution in [2.45, 2.75) is 65.5 Å². The molecule has 0 aromatic heterocycles. The molecule has 2 aromatic carbocycles. The second kappa shape index (κ2) is 17.4. The van der Waals surface area contributed by atoms with Gasteiger partial charge in [0.15, 0.2) is 0 Å². The predicted octanol–water partition coefficient (Wildman–Crippen LogP) is 8.10. The molecule has 0 aliphatic heterocycles. The first kappa shape index (κ1) is 41.7. The van der Waals surface area contributed by atoms with Crippen molar-refractivity contribution in [2.24, 2.45) is 10.8 Å². The first-order valence-corrected chi connectivity index (χ1v) is 21.9. The zero-order chi connectivity index (χ0) is 37.7. The number of carbonyl (C=O) groups excluding carboxylic acids is 2. The molecule has 4 rings (SSSR count). The number of hydrogen-bond donors (Lipinski definition) is 2. The summed E-state index contributed by atoms with van der Waals surface area (Å²) in [6.07, 6.45) is 11.0. The normalized spacial score (nSPS) is 15.8. The van der Waals surface area contributed by atoms with Crippen molar-refractivity contribution in [3.8, 4) is 0 Å². The van der Waals surface area contributed by atoms with Gasteiger partial charge in [0.2, 0.25) is 0 Å². The average molecular weight is 824 g/mol. The second-order valence-corrected chi connectivity index (χ2v) is 21.0. The molecule has 4 nitrogen and oxygen atoms in total. The van der Waals surface area contributed by atoms with Crippen LogP contribution in [0.1, 0.15) is 51.7 Å². The molecular formula is C38H42Cl4F4N2O2Ti. The number of alkyl halides is 4. The van der Waals surface area contributed by atoms with Gasteiger partial charge >= 0.3 is 323 Å². The summed E-state index contributed by atoms with van der Waals surface area (Å²) < 4.78 is 67.9. The number of nitrogens with one attached hydrogen (secondary N) is 2. The first-order valence-electron chi connectivity index (χ1n) is 16.7. The van der Waals surface area contributed by atoms with Crippen LogP contribution in [0, 0.1) is 34.1 Å². The fourth-order valence-corrected chi connectivity index (χ4v) is 15.9. The van der Waals surface area contributed by atoms with E-state index >= 15 is 17.6 Å². The van der Waals surface area contributed by atoms with Gasteiger partial charge in [-0.15, -0.1) is 0 Å². The molecule has 2 aliphatic rings. The zero-order valence-corrected chi connectivity index (χ0v) is 33.5. The van der Waals surface area contributed by atoms with Crippen LogP contribution in [0.2, 0.25) is 0 Å². The number of hydrogen-bond acceptors (Lipinski definition) is 2. The Kier molecular flexibility index (Phi) is 14.2. The third-order valence-corrected chi connectivity index (χ3v) is 20.0. The van der Waals surface area contributed by atoms with Crippen LogP contribution < -0.4 is 18.4 Å². The summed E-state index contributed by atoms with van der Waals surface area (Å²) in [7, 11) is 0. The van der Waals surface area contributed by atoms with Gasteiger partial charge in [-0.2, -0.15) is 0 Å². The molecule has 0 spiro atoms. The monoisotopic (exact) mass is 822 g/mol. The molecule has 276 valence electrons. The van der Waals surface area contributed by atoms with Crippen molar-refractivity contribution in [1.82, 2.24) is 10.6 Å². The van der Waals surface area contributed by atoms with Crippen molar-refractivity contribution >= 4 is 66.0 Å². The Morgan fingerprint density at radius 1 is 0.686 bits per heavy atom. The second-order valence-electron chi connectivity index (χ2n) is 14.0. The van der Waals surface area contributed by atoms with Crippen molar-refractivity contribution < 1.29 is 43.7 Å². The molecule has 0 saturated carbocycles. The number of benzene rings is 2. The van der Waals surface area contributed by atoms with E-state index in [0.29, 0.717) is 7.76 Å². The Balaban J connectivity index is 1.89. The Morgan fingerprint density at radius 3 is 1.33 bits per heavy atom. The average Bonchev–Trinajstić information content (AvgIpc) is 3.85. The SMILES string of the molecule is CC(Cc1ccc(F)[c]([Ti]([C]2=CC=CC2)([C]2=CC=CC2)[c]2c(F)ccc(CC(C)NC(=O)C(C)(CCl)CCl)c2F)c1F)NC(=O)C(C)(CCl)CCl. The Morgan fingerprint density at radius 2 is 1.04 bits per heavy atom. The number of rotatable bonds is 16. The van der Waals surface area contributed by atoms with E-state index in [-0.39, 0.29) is 68.1 Å². The van der Waals surface area contributed by atoms with Gasteiger partial charge in [0.25, 0.3) is 0 Å². The van der Waals surface area contributed by atoms with Crippen LogP contribution in [0.3, 0.4) is 0 Å². The van der Waals surface area contributed by atoms with Gasteiger partial charge in [-0.05, 0) is 0 Å². The molecule has 2 amide bonds. The molecule has 13 heteroatoms. The van der Waals surface area contributed by atoms with E-state index in [1.54, 1.807) is 52.0 Å². The topological polar surface area (TPSA) is 58.2 Å². The van der Waals surface area contributed by atoms with Crippen LogP contribution >= 0.6 is 46.4 Å². The predicted molar refractivity (Wildman–Crippen MR) is 197 cm³/mol. The maximum absolute atomic E-state index is 17.2. The van der Waals surface area contributed by atoms with Crippen LogP contribution in [-0.2, 0) is 39.0 Å². The van der Waals surface area contributed by atoms with E-state index in [2.05, 4.69) is 10.6 Å². The van der Waals surface area contributed by atoms with Gasteiger partial charge in [-0.3, -0.25) is 0 Å². The van der Waals surface area contributed by atoms with Gasteiger partial charge in [0.05, 0.1) is 0 Å². The van der Waals surface area contributed by atoms with Crippen LogP contribution in [0.15, 0.2) is 68.5 Å². The number of halogens is 8. The molecule has 0 radical (unpaired) electrons. The van der Waals surface area contributed by atoms with Gasteiger partial charge < -0.3 is 0 Å². The number of carbonyl (C=O) groups is 2. The Bertz CT molecular complexity index is 1640. The third kappa shape index (κ3) is 8.37. The Hall–Kier alpha value is -2.07. The van der Waals surface area contributed by atoms with Crippen LogP contribution in [0.4, 0.5) is 17.6 Å². The zero-order valence-electron chi connectivity index (χ0n) is 28.9. The fraction of sp³-hybridized carbons (Fsp3) is 0.421. The van der Waals surface area contributed by atoms with E-state index < -0.39 is 74.6 Å². The minimum atomic E-state index is -5.12. The van der Waals surface area contributed by atoms with E-state index in [1.807, 2.05) is 12.2 Å². The van der Waals surface area contributed by atoms with Gasteiger partial charge in [-0.1, -0.05) is 0 Å². The quantitative estimate of drug-likeness (QED) is 0.102. The van der Waals surface area contributed by atoms with E-state index in [4.69, 9.17) is 46.4 Å². The van der Waals surface area contributed by atoms with Crippen LogP contribution in [0.5, 0.6) is 0 Å². The van der Waals surface area contributed by atoms with Crippen LogP contribution in [0.25, 0.3) is 0 Å². The van der Waals surface area contributed by atoms with Crippen LogP contribution in [-0.4, -0.2) is 47.4 Å². The molecule has 0 saturated heterocycles. The van der Waals surface area contributed by atoms with Crippen molar-refractivity contribution in [3.63, 3.8) is 0 Å². The van der Waals surface area contributed by atoms with E-state index in [0.717, 1.165) is 12.1 Å². The van der Waals surface area contributed by atoms with E-state index in [9.17, 15) is 9.59 Å². The summed E-state index contributed by atoms with van der Waals surface area (Å²) in [6, 6.07) is 3.64. The molecule has 2 unspecified atom stereocenters. The first-order chi connectivity index (χ1) is 24.1. The summed E-state index contributed by atoms with van der Waals surface area (Å²) >= 11 is 18.9. The summed E-state index contributed by atoms with van der Waals surface area (Å²) in [4.78, 5) is 26.0.